The molecule has 0 aliphatic rings. The van der Waals surface area contributed by atoms with Crippen LogP contribution < -0.4 is 0 Å². The van der Waals surface area contributed by atoms with E-state index in [1.807, 2.05) is 98.7 Å². The van der Waals surface area contributed by atoms with Gasteiger partial charge in [0.2, 0.25) is 0 Å². The molecule has 3 nitrogen and oxygen atoms in total. The lowest BCUT2D eigenvalue weighted by Gasteiger charge is -2.28. The average Bonchev–Trinajstić information content (AvgIpc) is 2.77. The summed E-state index contributed by atoms with van der Waals surface area (Å²) in [6, 6.07) is 9.08. The molecule has 4 heteroatoms. The summed E-state index contributed by atoms with van der Waals surface area (Å²) < 4.78 is 5.31. The Kier molecular flexibility index (Phi) is 16.6. The predicted molar refractivity (Wildman–Crippen MR) is 146 cm³/mol. The van der Waals surface area contributed by atoms with Crippen molar-refractivity contribution in [2.24, 2.45) is 4.99 Å². The molecule has 0 aliphatic heterocycles. The van der Waals surface area contributed by atoms with Gasteiger partial charge in [-0.15, -0.1) is 0 Å². The fourth-order valence-corrected chi connectivity index (χ4v) is 2.72. The van der Waals surface area contributed by atoms with Gasteiger partial charge in [0.05, 0.1) is 5.71 Å². The molecule has 1 aromatic rings. The van der Waals surface area contributed by atoms with Gasteiger partial charge in [-0.1, -0.05) is 103 Å². The molecule has 0 radical (unpaired) electrons. The molecule has 0 fully saturated rings. The molecule has 0 aromatic heterocycles. The zero-order valence-electron chi connectivity index (χ0n) is 21.7. The normalized spacial score (nSPS) is 14.4. The van der Waals surface area contributed by atoms with Crippen LogP contribution in [0, 0.1) is 0 Å². The van der Waals surface area contributed by atoms with Crippen LogP contribution in [0.15, 0.2) is 72.3 Å². The lowest BCUT2D eigenvalue weighted by molar-refractivity contribution is -0.156. The van der Waals surface area contributed by atoms with E-state index in [1.54, 1.807) is 12.2 Å². The van der Waals surface area contributed by atoms with E-state index >= 15 is 0 Å². The maximum atomic E-state index is 13.0. The van der Waals surface area contributed by atoms with E-state index in [2.05, 4.69) is 13.2 Å². The molecule has 180 valence electrons. The summed E-state index contributed by atoms with van der Waals surface area (Å²) in [6.07, 6.45) is 6.52. The van der Waals surface area contributed by atoms with Gasteiger partial charge in [0, 0.05) is 10.3 Å². The molecule has 32 heavy (non-hydrogen) atoms. The van der Waals surface area contributed by atoms with Crippen LogP contribution in [0.2, 0.25) is 0 Å². The van der Waals surface area contributed by atoms with E-state index in [9.17, 15) is 4.79 Å². The Balaban J connectivity index is 0. The van der Waals surface area contributed by atoms with Gasteiger partial charge in [0.1, 0.15) is 11.6 Å². The number of nitrogens with zero attached hydrogens (tertiary/aromatic N) is 1. The second-order valence-corrected chi connectivity index (χ2v) is 9.09. The van der Waals surface area contributed by atoms with Gasteiger partial charge in [0.15, 0.2) is 0 Å². The highest BCUT2D eigenvalue weighted by atomic mass is 32.1. The molecular weight excluding hydrogens is 414 g/mol. The summed E-state index contributed by atoms with van der Waals surface area (Å²) in [5.41, 5.74) is 1.80. The molecule has 2 unspecified atom stereocenters. The fourth-order valence-electron chi connectivity index (χ4n) is 2.55. The lowest BCUT2D eigenvalue weighted by atomic mass is 9.96. The minimum atomic E-state index is -0.676. The number of carbonyl (C=O) groups is 1. The molecule has 0 N–H and O–H groups in total. The third kappa shape index (κ3) is 12.7. The molecule has 0 aliphatic carbocycles. The van der Waals surface area contributed by atoms with E-state index in [0.717, 1.165) is 17.6 Å². The Bertz CT molecular complexity index is 740. The van der Waals surface area contributed by atoms with E-state index in [4.69, 9.17) is 22.4 Å². The van der Waals surface area contributed by atoms with Crippen molar-refractivity contribution in [1.29, 1.82) is 0 Å². The van der Waals surface area contributed by atoms with Crippen LogP contribution in [0.3, 0.4) is 0 Å². The number of benzene rings is 1. The quantitative estimate of drug-likeness (QED) is 0.176. The number of hydrogen-bond acceptors (Lipinski definition) is 4. The Morgan fingerprint density at radius 1 is 1.09 bits per heavy atom. The highest BCUT2D eigenvalue weighted by Gasteiger charge is 2.31. The highest BCUT2D eigenvalue weighted by molar-refractivity contribution is 7.81. The van der Waals surface area contributed by atoms with Crippen LogP contribution in [0.4, 0.5) is 0 Å². The largest absolute Gasteiger partial charge is 0.458 e. The number of thiol groups is 1. The molecule has 0 saturated carbocycles. The van der Waals surface area contributed by atoms with Crippen LogP contribution in [0.1, 0.15) is 80.7 Å². The van der Waals surface area contributed by atoms with Crippen molar-refractivity contribution < 1.29 is 9.53 Å². The monoisotopic (exact) mass is 459 g/mol. The Hall–Kier alpha value is -2.07. The minimum Gasteiger partial charge on any atom is -0.458 e. The first kappa shape index (κ1) is 32.1. The van der Waals surface area contributed by atoms with Crippen molar-refractivity contribution in [3.05, 3.63) is 72.9 Å². The van der Waals surface area contributed by atoms with Crippen molar-refractivity contribution in [2.75, 3.05) is 0 Å². The summed E-state index contributed by atoms with van der Waals surface area (Å²) in [7, 11) is 0. The number of carbonyl (C=O) groups excluding carboxylic acids is 1. The summed E-state index contributed by atoms with van der Waals surface area (Å²) in [5.74, 6) is -0.350. The van der Waals surface area contributed by atoms with Crippen molar-refractivity contribution in [3.8, 4) is 0 Å². The first-order valence-corrected chi connectivity index (χ1v) is 12.0. The molecule has 0 spiro atoms. The topological polar surface area (TPSA) is 38.7 Å². The number of esters is 1. The molecular formula is C28H45NO2S. The third-order valence-corrected chi connectivity index (χ3v) is 4.70. The lowest BCUT2D eigenvalue weighted by Crippen LogP contribution is -2.35. The van der Waals surface area contributed by atoms with Crippen molar-refractivity contribution in [1.82, 2.24) is 0 Å². The zero-order chi connectivity index (χ0) is 25.4. The molecule has 1 aromatic carbocycles. The predicted octanol–water partition coefficient (Wildman–Crippen LogP) is 8.03. The summed E-state index contributed by atoms with van der Waals surface area (Å²) in [4.78, 5) is 17.8. The maximum Gasteiger partial charge on any atom is 0.331 e. The van der Waals surface area contributed by atoms with Crippen LogP contribution in [-0.2, 0) is 9.53 Å². The van der Waals surface area contributed by atoms with E-state index in [-0.39, 0.29) is 10.7 Å². The van der Waals surface area contributed by atoms with Gasteiger partial charge in [-0.2, -0.15) is 12.6 Å². The van der Waals surface area contributed by atoms with Crippen LogP contribution >= 0.6 is 12.6 Å². The molecule has 0 bridgehead atoms. The van der Waals surface area contributed by atoms with Crippen molar-refractivity contribution in [3.63, 3.8) is 0 Å². The summed E-state index contributed by atoms with van der Waals surface area (Å²) >= 11 is 4.73. The summed E-state index contributed by atoms with van der Waals surface area (Å²) in [6.45, 7) is 25.3. The maximum absolute atomic E-state index is 13.0. The van der Waals surface area contributed by atoms with Crippen LogP contribution in [-0.4, -0.2) is 28.1 Å². The van der Waals surface area contributed by atoms with Crippen molar-refractivity contribution >= 4 is 24.3 Å². The molecule has 0 saturated heterocycles. The zero-order valence-corrected chi connectivity index (χ0v) is 22.6. The van der Waals surface area contributed by atoms with E-state index < -0.39 is 11.6 Å². The minimum absolute atomic E-state index is 0.344. The average molecular weight is 460 g/mol. The van der Waals surface area contributed by atoms with Crippen LogP contribution in [0.5, 0.6) is 0 Å². The second-order valence-electron chi connectivity index (χ2n) is 8.01. The number of ether oxygens (including phenoxy) is 1. The van der Waals surface area contributed by atoms with Gasteiger partial charge in [-0.3, -0.25) is 4.99 Å². The Morgan fingerprint density at radius 2 is 1.62 bits per heavy atom. The molecule has 0 amide bonds. The van der Waals surface area contributed by atoms with Gasteiger partial charge in [0.25, 0.3) is 0 Å². The van der Waals surface area contributed by atoms with Gasteiger partial charge >= 0.3 is 5.97 Å². The number of hydrogen-bond donors (Lipinski definition) is 1. The Labute approximate surface area is 203 Å². The number of allylic oxidation sites excluding steroid dienone is 4. The first-order chi connectivity index (χ1) is 15.0. The third-order valence-electron chi connectivity index (χ3n) is 4.20. The number of rotatable bonds is 9. The second kappa shape index (κ2) is 16.5. The number of aliphatic imine (C=N–C) groups is 1. The standard InChI is InChI=1S/C24H33NO2S.2C2H6/c1-8-14-18(9-2)21(19-15-12-11-13-16-19)25-20(17-24(7,28)10-3)22(26)27-23(4,5)6;2*1-2/h8-9,11-16,20,28H,1-2,10,17H2,3-7H3;2*1-2H3/b18-14+,25-21?;;. The SMILES string of the molecule is C=C/C=C(\C=C)C(=NC(CC(C)(S)CC)C(=O)OC(C)(C)C)c1ccccc1.CC.CC. The Morgan fingerprint density at radius 3 is 2.03 bits per heavy atom. The first-order valence-electron chi connectivity index (χ1n) is 11.6. The summed E-state index contributed by atoms with van der Waals surface area (Å²) in [5, 5.41) is 0. The van der Waals surface area contributed by atoms with E-state index in [0.29, 0.717) is 12.1 Å². The fraction of sp³-hybridized carbons (Fsp3) is 0.500. The highest BCUT2D eigenvalue weighted by Crippen LogP contribution is 2.28. The molecule has 0 heterocycles. The van der Waals surface area contributed by atoms with E-state index in [1.165, 1.54) is 0 Å². The van der Waals surface area contributed by atoms with Gasteiger partial charge < -0.3 is 4.74 Å². The van der Waals surface area contributed by atoms with Gasteiger partial charge in [-0.25, -0.2) is 4.79 Å². The molecule has 2 atom stereocenters. The van der Waals surface area contributed by atoms with Gasteiger partial charge in [-0.05, 0) is 39.2 Å². The van der Waals surface area contributed by atoms with Crippen molar-refractivity contribution in [2.45, 2.75) is 91.5 Å². The smallest absolute Gasteiger partial charge is 0.331 e. The van der Waals surface area contributed by atoms with Crippen LogP contribution in [0.25, 0.3) is 0 Å². The molecule has 1 rings (SSSR count).